The van der Waals surface area contributed by atoms with Crippen molar-refractivity contribution in [2.75, 3.05) is 24.1 Å². The van der Waals surface area contributed by atoms with Crippen molar-refractivity contribution in [3.8, 4) is 0 Å². The van der Waals surface area contributed by atoms with Crippen LogP contribution >= 0.6 is 35.9 Å². The molecule has 3 nitrogen and oxygen atoms in total. The maximum Gasteiger partial charge on any atom is 0.178 e. The lowest BCUT2D eigenvalue weighted by Gasteiger charge is -2.22. The van der Waals surface area contributed by atoms with Gasteiger partial charge in [0.2, 0.25) is 0 Å². The molecule has 1 aliphatic heterocycles. The molecule has 0 spiro atoms. The van der Waals surface area contributed by atoms with Crippen molar-refractivity contribution >= 4 is 46.8 Å². The number of thioether (sulfide) groups is 2. The molecule has 0 amide bonds. The Hall–Kier alpha value is -0.520. The van der Waals surface area contributed by atoms with E-state index in [-0.39, 0.29) is 12.4 Å². The highest BCUT2D eigenvalue weighted by molar-refractivity contribution is 8.13. The van der Waals surface area contributed by atoms with Crippen LogP contribution in [0.15, 0.2) is 22.1 Å². The Morgan fingerprint density at radius 1 is 1.40 bits per heavy atom. The van der Waals surface area contributed by atoms with E-state index in [1.807, 2.05) is 18.0 Å². The lowest BCUT2D eigenvalue weighted by atomic mass is 9.84. The van der Waals surface area contributed by atoms with Gasteiger partial charge in [-0.05, 0) is 55.0 Å². The maximum atomic E-state index is 5.87. The summed E-state index contributed by atoms with van der Waals surface area (Å²) in [5, 5.41) is 7.28. The van der Waals surface area contributed by atoms with E-state index < -0.39 is 0 Å². The predicted molar refractivity (Wildman–Crippen MR) is 93.6 cm³/mol. The average Bonchev–Trinajstić information content (AvgIpc) is 2.79. The van der Waals surface area contributed by atoms with Crippen LogP contribution in [0.3, 0.4) is 0 Å². The molecule has 3 rings (SSSR count). The second kappa shape index (κ2) is 6.50. The van der Waals surface area contributed by atoms with Crippen LogP contribution in [0.4, 0.5) is 5.69 Å². The van der Waals surface area contributed by atoms with Crippen LogP contribution in [0.2, 0.25) is 0 Å². The molecule has 1 unspecified atom stereocenters. The van der Waals surface area contributed by atoms with Gasteiger partial charge in [-0.2, -0.15) is 0 Å². The van der Waals surface area contributed by atoms with Crippen molar-refractivity contribution in [3.05, 3.63) is 23.3 Å². The van der Waals surface area contributed by atoms with Crippen LogP contribution in [0.25, 0.3) is 0 Å². The summed E-state index contributed by atoms with van der Waals surface area (Å²) < 4.78 is 0. The molecular formula is C14H20ClN3S2. The normalized spacial score (nSPS) is 20.6. The smallest absolute Gasteiger partial charge is 0.178 e. The fraction of sp³-hybridized carbons (Fsp3) is 0.500. The largest absolute Gasteiger partial charge is 0.377 e. The van der Waals surface area contributed by atoms with E-state index in [0.717, 1.165) is 6.54 Å². The van der Waals surface area contributed by atoms with Crippen molar-refractivity contribution in [2.45, 2.75) is 30.1 Å². The Kier molecular flexibility index (Phi) is 5.15. The summed E-state index contributed by atoms with van der Waals surface area (Å²) in [4.78, 5) is 1.44. The molecule has 1 aliphatic carbocycles. The van der Waals surface area contributed by atoms with Gasteiger partial charge in [-0.25, -0.2) is 0 Å². The summed E-state index contributed by atoms with van der Waals surface area (Å²) in [6.45, 7) is 0.988. The van der Waals surface area contributed by atoms with Gasteiger partial charge < -0.3 is 5.73 Å². The van der Waals surface area contributed by atoms with Crippen molar-refractivity contribution in [2.24, 2.45) is 10.8 Å². The van der Waals surface area contributed by atoms with Crippen LogP contribution in [0, 0.1) is 0 Å². The Morgan fingerprint density at radius 2 is 2.20 bits per heavy atom. The molecule has 2 aliphatic rings. The van der Waals surface area contributed by atoms with E-state index in [2.05, 4.69) is 28.5 Å². The number of hydrogen-bond donors (Lipinski definition) is 1. The quantitative estimate of drug-likeness (QED) is 0.511. The number of anilines is 1. The van der Waals surface area contributed by atoms with E-state index >= 15 is 0 Å². The van der Waals surface area contributed by atoms with Crippen molar-refractivity contribution in [1.82, 2.24) is 0 Å². The zero-order valence-electron chi connectivity index (χ0n) is 11.8. The number of amidine groups is 1. The monoisotopic (exact) mass is 329 g/mol. The van der Waals surface area contributed by atoms with Crippen LogP contribution in [0.5, 0.6) is 0 Å². The molecule has 2 N–H and O–H groups in total. The zero-order valence-corrected chi connectivity index (χ0v) is 14.2. The summed E-state index contributed by atoms with van der Waals surface area (Å²) in [5.41, 5.74) is 10.2. The zero-order chi connectivity index (χ0) is 13.4. The number of nitrogens with zero attached hydrogens (tertiary/aromatic N) is 2. The molecule has 1 aromatic rings. The second-order valence-corrected chi connectivity index (χ2v) is 6.67. The first kappa shape index (κ1) is 15.9. The van der Waals surface area contributed by atoms with Gasteiger partial charge >= 0.3 is 0 Å². The lowest BCUT2D eigenvalue weighted by molar-refractivity contribution is 0.571. The van der Waals surface area contributed by atoms with Gasteiger partial charge in [-0.15, -0.1) is 29.3 Å². The Balaban J connectivity index is 0.00000147. The van der Waals surface area contributed by atoms with Gasteiger partial charge in [0.15, 0.2) is 5.17 Å². The SMILES string of the molecule is CSC(N)=NN1CC2CCCc3c(SC)ccc1c32.Cl. The third-order valence-corrected chi connectivity index (χ3v) is 5.32. The summed E-state index contributed by atoms with van der Waals surface area (Å²) >= 11 is 3.36. The third kappa shape index (κ3) is 2.63. The molecule has 0 saturated heterocycles. The van der Waals surface area contributed by atoms with Gasteiger partial charge in [-0.1, -0.05) is 11.8 Å². The number of hydrogen-bond acceptors (Lipinski definition) is 4. The van der Waals surface area contributed by atoms with Gasteiger partial charge in [-0.3, -0.25) is 5.01 Å². The molecule has 6 heteroatoms. The van der Waals surface area contributed by atoms with E-state index in [0.29, 0.717) is 11.1 Å². The third-order valence-electron chi connectivity index (χ3n) is 4.00. The number of benzene rings is 1. The summed E-state index contributed by atoms with van der Waals surface area (Å²) in [5.74, 6) is 0.643. The molecule has 1 aromatic carbocycles. The van der Waals surface area contributed by atoms with Crippen molar-refractivity contribution in [1.29, 1.82) is 0 Å². The number of halogens is 1. The predicted octanol–water partition coefficient (Wildman–Crippen LogP) is 3.66. The highest BCUT2D eigenvalue weighted by atomic mass is 35.5. The van der Waals surface area contributed by atoms with Crippen LogP contribution < -0.4 is 10.7 Å². The molecule has 1 atom stereocenters. The molecule has 0 aromatic heterocycles. The highest BCUT2D eigenvalue weighted by Crippen LogP contribution is 2.47. The van der Waals surface area contributed by atoms with Gasteiger partial charge in [0, 0.05) is 17.4 Å². The molecule has 0 saturated carbocycles. The Labute approximate surface area is 135 Å². The highest BCUT2D eigenvalue weighted by Gasteiger charge is 2.34. The standard InChI is InChI=1S/C14H19N3S2.ClH/c1-18-12-7-6-11-13-9(4-3-5-10(12)13)8-17(11)16-14(15)19-2;/h6-7,9H,3-5,8H2,1-2H3,(H2,15,16);1H. The minimum absolute atomic E-state index is 0. The Morgan fingerprint density at radius 3 is 2.90 bits per heavy atom. The molecule has 0 fully saturated rings. The van der Waals surface area contributed by atoms with Crippen LogP contribution in [0.1, 0.15) is 29.9 Å². The minimum Gasteiger partial charge on any atom is -0.377 e. The number of rotatable bonds is 2. The van der Waals surface area contributed by atoms with E-state index in [9.17, 15) is 0 Å². The molecule has 0 radical (unpaired) electrons. The molecule has 20 heavy (non-hydrogen) atoms. The number of nitrogens with two attached hydrogens (primary N) is 1. The first-order chi connectivity index (χ1) is 9.24. The first-order valence-electron chi connectivity index (χ1n) is 6.60. The van der Waals surface area contributed by atoms with Gasteiger partial charge in [0.25, 0.3) is 0 Å². The van der Waals surface area contributed by atoms with E-state index in [1.54, 1.807) is 5.56 Å². The topological polar surface area (TPSA) is 41.6 Å². The fourth-order valence-electron chi connectivity index (χ4n) is 3.18. The number of hydrazone groups is 1. The summed E-state index contributed by atoms with van der Waals surface area (Å²) in [6, 6.07) is 4.46. The van der Waals surface area contributed by atoms with Gasteiger partial charge in [0.1, 0.15) is 0 Å². The summed E-state index contributed by atoms with van der Waals surface area (Å²) in [6.07, 6.45) is 7.92. The second-order valence-electron chi connectivity index (χ2n) is 4.99. The molecule has 1 heterocycles. The van der Waals surface area contributed by atoms with Crippen molar-refractivity contribution in [3.63, 3.8) is 0 Å². The Bertz CT molecular complexity index is 533. The maximum absolute atomic E-state index is 5.87. The van der Waals surface area contributed by atoms with Crippen LogP contribution in [-0.4, -0.2) is 24.2 Å². The summed E-state index contributed by atoms with van der Waals surface area (Å²) in [7, 11) is 0. The molecule has 110 valence electrons. The average molecular weight is 330 g/mol. The van der Waals surface area contributed by atoms with E-state index in [4.69, 9.17) is 5.73 Å². The van der Waals surface area contributed by atoms with Gasteiger partial charge in [0.05, 0.1) is 5.69 Å². The molecular weight excluding hydrogens is 310 g/mol. The van der Waals surface area contributed by atoms with E-state index in [1.165, 1.54) is 47.2 Å². The molecule has 0 bridgehead atoms. The lowest BCUT2D eigenvalue weighted by Crippen LogP contribution is -2.20. The first-order valence-corrected chi connectivity index (χ1v) is 9.05. The minimum atomic E-state index is 0. The van der Waals surface area contributed by atoms with Crippen LogP contribution in [-0.2, 0) is 6.42 Å². The van der Waals surface area contributed by atoms with Crippen molar-refractivity contribution < 1.29 is 0 Å². The fourth-order valence-corrected chi connectivity index (χ4v) is 4.02.